The maximum absolute atomic E-state index is 13.6. The van der Waals surface area contributed by atoms with Crippen molar-refractivity contribution < 1.29 is 9.18 Å². The normalized spacial score (nSPS) is 10.3. The molecule has 3 rings (SSSR count). The fourth-order valence-corrected chi connectivity index (χ4v) is 2.61. The zero-order chi connectivity index (χ0) is 14.7. The van der Waals surface area contributed by atoms with Crippen LogP contribution in [-0.2, 0) is 0 Å². The van der Waals surface area contributed by atoms with Crippen LogP contribution in [0.3, 0.4) is 0 Å². The van der Waals surface area contributed by atoms with Crippen molar-refractivity contribution in [3.05, 3.63) is 70.8 Å². The minimum atomic E-state index is -0.466. The topological polar surface area (TPSA) is 42.0 Å². The van der Waals surface area contributed by atoms with Crippen LogP contribution in [0.5, 0.6) is 0 Å². The Bertz CT molecular complexity index is 771. The minimum Gasteiger partial charge on any atom is -0.319 e. The number of thiophene rings is 1. The number of hydrogen-bond acceptors (Lipinski definition) is 3. The molecule has 0 saturated heterocycles. The fourth-order valence-electron chi connectivity index (χ4n) is 1.97. The van der Waals surface area contributed by atoms with Crippen LogP contribution in [0.25, 0.3) is 11.3 Å². The summed E-state index contributed by atoms with van der Waals surface area (Å²) in [4.78, 5) is 16.6. The Hall–Kier alpha value is -2.53. The summed E-state index contributed by atoms with van der Waals surface area (Å²) in [5, 5.41) is 6.42. The van der Waals surface area contributed by atoms with E-state index < -0.39 is 5.82 Å². The number of aromatic nitrogens is 1. The molecule has 0 saturated carbocycles. The lowest BCUT2D eigenvalue weighted by Gasteiger charge is -2.09. The average Bonchev–Trinajstić information content (AvgIpc) is 3.04. The molecule has 0 aliphatic rings. The molecule has 0 spiro atoms. The number of nitrogens with zero attached hydrogens (tertiary/aromatic N) is 1. The van der Waals surface area contributed by atoms with E-state index in [1.807, 2.05) is 16.8 Å². The zero-order valence-electron chi connectivity index (χ0n) is 10.9. The number of amides is 1. The number of rotatable bonds is 3. The lowest BCUT2D eigenvalue weighted by Crippen LogP contribution is -2.14. The number of anilines is 1. The predicted molar refractivity (Wildman–Crippen MR) is 81.9 cm³/mol. The van der Waals surface area contributed by atoms with Gasteiger partial charge in [-0.3, -0.25) is 9.78 Å². The van der Waals surface area contributed by atoms with E-state index in [0.717, 1.165) is 5.56 Å². The van der Waals surface area contributed by atoms with E-state index in [1.165, 1.54) is 23.5 Å². The molecule has 0 unspecified atom stereocenters. The predicted octanol–water partition coefficient (Wildman–Crippen LogP) is 4.20. The van der Waals surface area contributed by atoms with Gasteiger partial charge in [0.15, 0.2) is 0 Å². The first-order valence-electron chi connectivity index (χ1n) is 6.29. The molecule has 0 aliphatic heterocycles. The molecule has 104 valence electrons. The molecule has 3 aromatic rings. The lowest BCUT2D eigenvalue weighted by atomic mass is 10.1. The van der Waals surface area contributed by atoms with Gasteiger partial charge in [-0.2, -0.15) is 11.3 Å². The Morgan fingerprint density at radius 2 is 2.00 bits per heavy atom. The highest BCUT2D eigenvalue weighted by Gasteiger charge is 2.15. The van der Waals surface area contributed by atoms with Gasteiger partial charge in [0, 0.05) is 17.1 Å². The Balaban J connectivity index is 1.94. The van der Waals surface area contributed by atoms with Gasteiger partial charge in [0.2, 0.25) is 0 Å². The second-order valence-corrected chi connectivity index (χ2v) is 5.13. The Labute approximate surface area is 125 Å². The number of para-hydroxylation sites is 1. The van der Waals surface area contributed by atoms with Crippen LogP contribution in [0, 0.1) is 5.82 Å². The number of pyridine rings is 1. The molecular weight excluding hydrogens is 287 g/mol. The van der Waals surface area contributed by atoms with Crippen molar-refractivity contribution in [1.82, 2.24) is 4.98 Å². The maximum atomic E-state index is 13.6. The van der Waals surface area contributed by atoms with Crippen LogP contribution in [0.15, 0.2) is 59.4 Å². The van der Waals surface area contributed by atoms with Gasteiger partial charge < -0.3 is 5.32 Å². The Morgan fingerprint density at radius 3 is 2.76 bits per heavy atom. The third-order valence-corrected chi connectivity index (χ3v) is 3.65. The molecule has 21 heavy (non-hydrogen) atoms. The summed E-state index contributed by atoms with van der Waals surface area (Å²) < 4.78 is 13.6. The highest BCUT2D eigenvalue weighted by Crippen LogP contribution is 2.24. The summed E-state index contributed by atoms with van der Waals surface area (Å²) in [5.41, 5.74) is 2.04. The van der Waals surface area contributed by atoms with Crippen molar-refractivity contribution in [2.75, 3.05) is 5.32 Å². The molecule has 0 radical (unpaired) electrons. The highest BCUT2D eigenvalue weighted by atomic mass is 32.1. The molecular formula is C16H11FN2OS. The smallest absolute Gasteiger partial charge is 0.257 e. The second kappa shape index (κ2) is 5.85. The first-order chi connectivity index (χ1) is 10.3. The molecule has 0 aliphatic carbocycles. The first-order valence-corrected chi connectivity index (χ1v) is 7.23. The quantitative estimate of drug-likeness (QED) is 0.787. The summed E-state index contributed by atoms with van der Waals surface area (Å²) in [5.74, 6) is -0.846. The monoisotopic (exact) mass is 298 g/mol. The van der Waals surface area contributed by atoms with Gasteiger partial charge in [0.25, 0.3) is 5.91 Å². The molecule has 0 bridgehead atoms. The zero-order valence-corrected chi connectivity index (χ0v) is 11.7. The average molecular weight is 298 g/mol. The van der Waals surface area contributed by atoms with Crippen molar-refractivity contribution in [1.29, 1.82) is 0 Å². The molecule has 1 amide bonds. The lowest BCUT2D eigenvalue weighted by molar-refractivity contribution is 0.102. The van der Waals surface area contributed by atoms with Crippen molar-refractivity contribution in [3.8, 4) is 11.3 Å². The summed E-state index contributed by atoms with van der Waals surface area (Å²) in [7, 11) is 0. The molecule has 2 heterocycles. The number of hydrogen-bond donors (Lipinski definition) is 1. The van der Waals surface area contributed by atoms with Gasteiger partial charge in [-0.15, -0.1) is 0 Å². The van der Waals surface area contributed by atoms with Crippen LogP contribution in [0.1, 0.15) is 10.4 Å². The summed E-state index contributed by atoms with van der Waals surface area (Å²) in [6.07, 6.45) is 1.63. The number of halogens is 1. The van der Waals surface area contributed by atoms with E-state index in [1.54, 1.807) is 30.5 Å². The third kappa shape index (κ3) is 2.83. The second-order valence-electron chi connectivity index (χ2n) is 4.35. The number of carbonyl (C=O) groups excluding carboxylic acids is 1. The van der Waals surface area contributed by atoms with Gasteiger partial charge in [-0.1, -0.05) is 12.1 Å². The van der Waals surface area contributed by atoms with Gasteiger partial charge in [0.05, 0.1) is 16.9 Å². The van der Waals surface area contributed by atoms with Crippen LogP contribution in [-0.4, -0.2) is 10.9 Å². The minimum absolute atomic E-state index is 0.155. The number of benzene rings is 1. The molecule has 1 N–H and O–H groups in total. The van der Waals surface area contributed by atoms with E-state index in [9.17, 15) is 9.18 Å². The standard InChI is InChI=1S/C16H11FN2OS/c17-13-5-1-2-6-14(13)19-16(20)12-4-3-8-18-15(12)11-7-9-21-10-11/h1-10H,(H,19,20). The number of nitrogens with one attached hydrogen (secondary N) is 1. The molecule has 1 aromatic carbocycles. The third-order valence-electron chi connectivity index (χ3n) is 2.97. The first kappa shape index (κ1) is 13.5. The van der Waals surface area contributed by atoms with Gasteiger partial charge in [0.1, 0.15) is 5.82 Å². The fraction of sp³-hybridized carbons (Fsp3) is 0. The van der Waals surface area contributed by atoms with Crippen LogP contribution in [0.2, 0.25) is 0 Å². The highest BCUT2D eigenvalue weighted by molar-refractivity contribution is 7.08. The van der Waals surface area contributed by atoms with E-state index in [0.29, 0.717) is 11.3 Å². The molecule has 0 fully saturated rings. The van der Waals surface area contributed by atoms with E-state index in [2.05, 4.69) is 10.3 Å². The summed E-state index contributed by atoms with van der Waals surface area (Å²) in [6, 6.07) is 11.3. The summed E-state index contributed by atoms with van der Waals surface area (Å²) >= 11 is 1.53. The van der Waals surface area contributed by atoms with Crippen molar-refractivity contribution in [2.45, 2.75) is 0 Å². The van der Waals surface area contributed by atoms with E-state index in [-0.39, 0.29) is 11.6 Å². The van der Waals surface area contributed by atoms with Crippen molar-refractivity contribution >= 4 is 22.9 Å². The Kier molecular flexibility index (Phi) is 3.75. The van der Waals surface area contributed by atoms with Crippen LogP contribution in [0.4, 0.5) is 10.1 Å². The SMILES string of the molecule is O=C(Nc1ccccc1F)c1cccnc1-c1ccsc1. The Morgan fingerprint density at radius 1 is 1.14 bits per heavy atom. The maximum Gasteiger partial charge on any atom is 0.257 e. The summed E-state index contributed by atoms with van der Waals surface area (Å²) in [6.45, 7) is 0. The van der Waals surface area contributed by atoms with Crippen molar-refractivity contribution in [3.63, 3.8) is 0 Å². The molecule has 3 nitrogen and oxygen atoms in total. The van der Waals surface area contributed by atoms with E-state index in [4.69, 9.17) is 0 Å². The van der Waals surface area contributed by atoms with E-state index >= 15 is 0 Å². The molecule has 0 atom stereocenters. The van der Waals surface area contributed by atoms with Crippen LogP contribution >= 0.6 is 11.3 Å². The molecule has 2 aromatic heterocycles. The molecule has 5 heteroatoms. The van der Waals surface area contributed by atoms with Crippen LogP contribution < -0.4 is 5.32 Å². The number of carbonyl (C=O) groups is 1. The van der Waals surface area contributed by atoms with Gasteiger partial charge in [-0.05, 0) is 35.7 Å². The van der Waals surface area contributed by atoms with Gasteiger partial charge in [-0.25, -0.2) is 4.39 Å². The van der Waals surface area contributed by atoms with Crippen molar-refractivity contribution in [2.24, 2.45) is 0 Å². The van der Waals surface area contributed by atoms with Gasteiger partial charge >= 0.3 is 0 Å². The largest absolute Gasteiger partial charge is 0.319 e.